The molecule has 3 heterocycles. The Balaban J connectivity index is 1.39. The van der Waals surface area contributed by atoms with E-state index in [9.17, 15) is 4.79 Å². The van der Waals surface area contributed by atoms with E-state index in [1.54, 1.807) is 24.4 Å². The number of hydrogen-bond donors (Lipinski definition) is 3. The third kappa shape index (κ3) is 4.42. The molecule has 0 saturated carbocycles. The summed E-state index contributed by atoms with van der Waals surface area (Å²) < 4.78 is 11.9. The largest absolute Gasteiger partial charge is 0.457 e. The molecule has 4 N–H and O–H groups in total. The summed E-state index contributed by atoms with van der Waals surface area (Å²) in [5, 5.41) is 11.0. The zero-order chi connectivity index (χ0) is 22.6. The third-order valence-electron chi connectivity index (χ3n) is 4.73. The minimum Gasteiger partial charge on any atom is -0.457 e. The standard InChI is InChI=1S/C24H18N6O3/c25-22(31)19-14-15(10-12-26-19)28-24-21-20(11-13-27-23(21)29-30-24)33-18-8-6-17(7-9-18)32-16-4-2-1-3-5-16/h1-14H,(H2,25,31)(H2,26,27,28,29,30). The number of H-pyrrole nitrogens is 1. The summed E-state index contributed by atoms with van der Waals surface area (Å²) in [5.74, 6) is 2.50. The molecule has 5 rings (SSSR count). The number of carbonyl (C=O) groups is 1. The fraction of sp³-hybridized carbons (Fsp3) is 0. The van der Waals surface area contributed by atoms with E-state index in [-0.39, 0.29) is 5.69 Å². The molecule has 1 amide bonds. The highest BCUT2D eigenvalue weighted by Crippen LogP contribution is 2.34. The monoisotopic (exact) mass is 438 g/mol. The Morgan fingerprint density at radius 2 is 1.55 bits per heavy atom. The summed E-state index contributed by atoms with van der Waals surface area (Å²) in [5.41, 5.74) is 6.61. The number of nitrogens with zero attached hydrogens (tertiary/aromatic N) is 3. The van der Waals surface area contributed by atoms with E-state index in [1.165, 1.54) is 6.20 Å². The van der Waals surface area contributed by atoms with Gasteiger partial charge in [0.15, 0.2) is 11.5 Å². The summed E-state index contributed by atoms with van der Waals surface area (Å²) in [7, 11) is 0. The van der Waals surface area contributed by atoms with E-state index in [1.807, 2.05) is 54.6 Å². The summed E-state index contributed by atoms with van der Waals surface area (Å²) in [4.78, 5) is 19.7. The van der Waals surface area contributed by atoms with Crippen molar-refractivity contribution in [3.8, 4) is 23.0 Å². The second kappa shape index (κ2) is 8.67. The fourth-order valence-corrected chi connectivity index (χ4v) is 3.21. The molecule has 0 aliphatic rings. The maximum atomic E-state index is 11.4. The number of hydrogen-bond acceptors (Lipinski definition) is 7. The molecule has 2 aromatic carbocycles. The minimum atomic E-state index is -0.615. The number of benzene rings is 2. The normalized spacial score (nSPS) is 10.7. The number of aromatic nitrogens is 4. The molecule has 3 aromatic heterocycles. The van der Waals surface area contributed by atoms with Gasteiger partial charge in [-0.25, -0.2) is 4.98 Å². The Morgan fingerprint density at radius 1 is 0.848 bits per heavy atom. The molecule has 0 atom stereocenters. The van der Waals surface area contributed by atoms with E-state index in [4.69, 9.17) is 15.2 Å². The number of pyridine rings is 2. The first-order valence-corrected chi connectivity index (χ1v) is 10.0. The first kappa shape index (κ1) is 20.0. The van der Waals surface area contributed by atoms with Gasteiger partial charge in [-0.05, 0) is 48.5 Å². The van der Waals surface area contributed by atoms with Crippen LogP contribution in [-0.4, -0.2) is 26.1 Å². The lowest BCUT2D eigenvalue weighted by molar-refractivity contribution is 0.0995. The van der Waals surface area contributed by atoms with Crippen LogP contribution in [0.1, 0.15) is 10.5 Å². The number of para-hydroxylation sites is 1. The molecule has 9 nitrogen and oxygen atoms in total. The number of primary amides is 1. The second-order valence-electron chi connectivity index (χ2n) is 7.01. The number of rotatable bonds is 7. The van der Waals surface area contributed by atoms with Crippen LogP contribution in [0.15, 0.2) is 85.2 Å². The van der Waals surface area contributed by atoms with Crippen molar-refractivity contribution in [1.82, 2.24) is 20.2 Å². The van der Waals surface area contributed by atoms with Gasteiger partial charge in [0, 0.05) is 24.1 Å². The predicted octanol–water partition coefficient (Wildman–Crippen LogP) is 4.78. The first-order chi connectivity index (χ1) is 16.2. The lowest BCUT2D eigenvalue weighted by Gasteiger charge is -2.10. The predicted molar refractivity (Wildman–Crippen MR) is 123 cm³/mol. The van der Waals surface area contributed by atoms with E-state index >= 15 is 0 Å². The summed E-state index contributed by atoms with van der Waals surface area (Å²) in [6.45, 7) is 0. The van der Waals surface area contributed by atoms with Crippen molar-refractivity contribution < 1.29 is 14.3 Å². The topological polar surface area (TPSA) is 128 Å². The molecule has 0 bridgehead atoms. The molecular formula is C24H18N6O3. The summed E-state index contributed by atoms with van der Waals surface area (Å²) in [6.07, 6.45) is 3.12. The number of nitrogens with two attached hydrogens (primary N) is 1. The Labute approximate surface area is 188 Å². The van der Waals surface area contributed by atoms with Gasteiger partial charge >= 0.3 is 0 Å². The summed E-state index contributed by atoms with van der Waals surface area (Å²) in [6, 6.07) is 21.8. The number of amides is 1. The quantitative estimate of drug-likeness (QED) is 0.333. The molecule has 9 heteroatoms. The number of ether oxygens (including phenoxy) is 2. The maximum absolute atomic E-state index is 11.4. The average molecular weight is 438 g/mol. The van der Waals surface area contributed by atoms with Gasteiger partial charge in [0.1, 0.15) is 34.1 Å². The smallest absolute Gasteiger partial charge is 0.267 e. The number of carbonyl (C=O) groups excluding carboxylic acids is 1. The van der Waals surface area contributed by atoms with Crippen molar-refractivity contribution in [2.75, 3.05) is 5.32 Å². The van der Waals surface area contributed by atoms with E-state index in [0.29, 0.717) is 39.8 Å². The van der Waals surface area contributed by atoms with Crippen LogP contribution in [0.5, 0.6) is 23.0 Å². The van der Waals surface area contributed by atoms with Crippen molar-refractivity contribution in [1.29, 1.82) is 0 Å². The molecule has 0 saturated heterocycles. The highest BCUT2D eigenvalue weighted by atomic mass is 16.5. The molecule has 0 fully saturated rings. The number of nitrogens with one attached hydrogen (secondary N) is 2. The SMILES string of the molecule is NC(=O)c1cc(Nc2n[nH]c3nccc(Oc4ccc(Oc5ccccc5)cc4)c23)ccn1. The second-order valence-corrected chi connectivity index (χ2v) is 7.01. The molecule has 0 spiro atoms. The zero-order valence-corrected chi connectivity index (χ0v) is 17.2. The lowest BCUT2D eigenvalue weighted by atomic mass is 10.2. The highest BCUT2D eigenvalue weighted by molar-refractivity contribution is 5.95. The molecule has 0 unspecified atom stereocenters. The number of fused-ring (bicyclic) bond motifs is 1. The van der Waals surface area contributed by atoms with Crippen LogP contribution >= 0.6 is 0 Å². The Morgan fingerprint density at radius 3 is 2.30 bits per heavy atom. The highest BCUT2D eigenvalue weighted by Gasteiger charge is 2.14. The summed E-state index contributed by atoms with van der Waals surface area (Å²) >= 11 is 0. The molecular weight excluding hydrogens is 420 g/mol. The molecule has 0 aliphatic carbocycles. The van der Waals surface area contributed by atoms with Gasteiger partial charge in [0.05, 0.1) is 0 Å². The van der Waals surface area contributed by atoms with Crippen LogP contribution < -0.4 is 20.5 Å². The molecule has 33 heavy (non-hydrogen) atoms. The number of aromatic amines is 1. The van der Waals surface area contributed by atoms with Gasteiger partial charge in [-0.2, -0.15) is 5.10 Å². The molecule has 5 aromatic rings. The van der Waals surface area contributed by atoms with Crippen molar-refractivity contribution in [2.24, 2.45) is 5.73 Å². The van der Waals surface area contributed by atoms with Crippen molar-refractivity contribution in [2.45, 2.75) is 0 Å². The van der Waals surface area contributed by atoms with Gasteiger partial charge < -0.3 is 20.5 Å². The molecule has 0 aliphatic heterocycles. The zero-order valence-electron chi connectivity index (χ0n) is 17.2. The van der Waals surface area contributed by atoms with Crippen LogP contribution in [0.2, 0.25) is 0 Å². The van der Waals surface area contributed by atoms with Crippen molar-refractivity contribution >= 4 is 28.4 Å². The molecule has 0 radical (unpaired) electrons. The van der Waals surface area contributed by atoms with Gasteiger partial charge in [0.2, 0.25) is 0 Å². The van der Waals surface area contributed by atoms with Crippen molar-refractivity contribution in [3.05, 3.63) is 90.9 Å². The van der Waals surface area contributed by atoms with Gasteiger partial charge in [-0.3, -0.25) is 14.9 Å². The van der Waals surface area contributed by atoms with E-state index in [0.717, 1.165) is 5.75 Å². The first-order valence-electron chi connectivity index (χ1n) is 10.0. The minimum absolute atomic E-state index is 0.146. The van der Waals surface area contributed by atoms with Crippen LogP contribution in [0.3, 0.4) is 0 Å². The van der Waals surface area contributed by atoms with Crippen LogP contribution in [0.4, 0.5) is 11.5 Å². The van der Waals surface area contributed by atoms with E-state index < -0.39 is 5.91 Å². The number of anilines is 2. The van der Waals surface area contributed by atoms with E-state index in [2.05, 4.69) is 25.5 Å². The van der Waals surface area contributed by atoms with Crippen LogP contribution in [-0.2, 0) is 0 Å². The Hall–Kier alpha value is -4.92. The Kier molecular flexibility index (Phi) is 5.26. The van der Waals surface area contributed by atoms with Crippen LogP contribution in [0, 0.1) is 0 Å². The maximum Gasteiger partial charge on any atom is 0.267 e. The fourth-order valence-electron chi connectivity index (χ4n) is 3.21. The lowest BCUT2D eigenvalue weighted by Crippen LogP contribution is -2.13. The van der Waals surface area contributed by atoms with Gasteiger partial charge in [-0.1, -0.05) is 18.2 Å². The third-order valence-corrected chi connectivity index (χ3v) is 4.73. The van der Waals surface area contributed by atoms with Crippen LogP contribution in [0.25, 0.3) is 11.0 Å². The average Bonchev–Trinajstić information content (AvgIpc) is 3.25. The Bertz CT molecular complexity index is 1420. The van der Waals surface area contributed by atoms with Gasteiger partial charge in [-0.15, -0.1) is 0 Å². The molecule has 162 valence electrons. The van der Waals surface area contributed by atoms with Gasteiger partial charge in [0.25, 0.3) is 5.91 Å². The van der Waals surface area contributed by atoms with Crippen molar-refractivity contribution in [3.63, 3.8) is 0 Å².